The molecule has 4 heteroatoms. The lowest BCUT2D eigenvalue weighted by molar-refractivity contribution is 0.942. The van der Waals surface area contributed by atoms with E-state index in [0.29, 0.717) is 6.42 Å². The molecule has 112 valence electrons. The molecule has 0 fully saturated rings. The van der Waals surface area contributed by atoms with Gasteiger partial charge >= 0.3 is 0 Å². The third-order valence-corrected chi connectivity index (χ3v) is 5.08. The number of aromatic nitrogens is 2. The van der Waals surface area contributed by atoms with Crippen molar-refractivity contribution < 1.29 is 0 Å². The van der Waals surface area contributed by atoms with Gasteiger partial charge in [-0.2, -0.15) is 5.26 Å². The summed E-state index contributed by atoms with van der Waals surface area (Å²) >= 11 is 1.71. The van der Waals surface area contributed by atoms with Gasteiger partial charge in [0.25, 0.3) is 0 Å². The molecule has 22 heavy (non-hydrogen) atoms. The van der Waals surface area contributed by atoms with Crippen molar-refractivity contribution in [2.45, 2.75) is 40.5 Å². The van der Waals surface area contributed by atoms with E-state index in [9.17, 15) is 5.26 Å². The van der Waals surface area contributed by atoms with Crippen molar-refractivity contribution in [2.24, 2.45) is 0 Å². The van der Waals surface area contributed by atoms with Crippen LogP contribution < -0.4 is 0 Å². The second kappa shape index (κ2) is 5.58. The molecule has 2 heterocycles. The van der Waals surface area contributed by atoms with Gasteiger partial charge in [0.1, 0.15) is 0 Å². The van der Waals surface area contributed by atoms with Gasteiger partial charge in [0.2, 0.25) is 0 Å². The summed E-state index contributed by atoms with van der Waals surface area (Å²) < 4.78 is 2.19. The van der Waals surface area contributed by atoms with Crippen LogP contribution in [-0.4, -0.2) is 9.38 Å². The second-order valence-corrected chi connectivity index (χ2v) is 6.82. The molecule has 3 rings (SSSR count). The van der Waals surface area contributed by atoms with Crippen LogP contribution in [0.3, 0.4) is 0 Å². The summed E-state index contributed by atoms with van der Waals surface area (Å²) in [4.78, 5) is 7.14. The number of hydrogen-bond donors (Lipinski definition) is 0. The number of rotatable bonds is 3. The molecule has 0 amide bonds. The van der Waals surface area contributed by atoms with Gasteiger partial charge in [-0.3, -0.25) is 4.40 Å². The largest absolute Gasteiger partial charge is 0.290 e. The van der Waals surface area contributed by atoms with Crippen LogP contribution in [0.1, 0.15) is 34.3 Å². The van der Waals surface area contributed by atoms with Crippen molar-refractivity contribution in [3.05, 3.63) is 45.6 Å². The summed E-state index contributed by atoms with van der Waals surface area (Å²) in [7, 11) is 0. The third kappa shape index (κ3) is 2.22. The molecule has 0 unspecified atom stereocenters. The smallest absolute Gasteiger partial charge is 0.194 e. The summed E-state index contributed by atoms with van der Waals surface area (Å²) in [5, 5.41) is 9.26. The van der Waals surface area contributed by atoms with E-state index in [4.69, 9.17) is 4.98 Å². The highest BCUT2D eigenvalue weighted by molar-refractivity contribution is 7.17. The normalized spacial score (nSPS) is 11.0. The molecule has 0 atom stereocenters. The zero-order valence-corrected chi connectivity index (χ0v) is 14.2. The fourth-order valence-electron chi connectivity index (χ4n) is 3.07. The average Bonchev–Trinajstić information content (AvgIpc) is 2.95. The van der Waals surface area contributed by atoms with E-state index >= 15 is 0 Å². The Bertz CT molecular complexity index is 893. The Hall–Kier alpha value is -2.12. The molecule has 0 spiro atoms. The SMILES string of the molecule is CCc1c(C)sc2nc(-c3ccc(C)cc3C)c(CC#N)n12. The first-order chi connectivity index (χ1) is 10.6. The lowest BCUT2D eigenvalue weighted by Crippen LogP contribution is -1.98. The Morgan fingerprint density at radius 3 is 2.64 bits per heavy atom. The first kappa shape index (κ1) is 14.8. The maximum absolute atomic E-state index is 9.26. The van der Waals surface area contributed by atoms with E-state index < -0.39 is 0 Å². The lowest BCUT2D eigenvalue weighted by Gasteiger charge is -2.07. The van der Waals surface area contributed by atoms with Crippen molar-refractivity contribution in [3.63, 3.8) is 0 Å². The Labute approximate surface area is 134 Å². The van der Waals surface area contributed by atoms with Gasteiger partial charge in [0.05, 0.1) is 23.9 Å². The highest BCUT2D eigenvalue weighted by atomic mass is 32.1. The molecule has 0 aliphatic heterocycles. The summed E-state index contributed by atoms with van der Waals surface area (Å²) in [6.45, 7) is 8.49. The van der Waals surface area contributed by atoms with Crippen molar-refractivity contribution in [1.82, 2.24) is 9.38 Å². The van der Waals surface area contributed by atoms with E-state index in [1.807, 2.05) is 0 Å². The monoisotopic (exact) mass is 309 g/mol. The van der Waals surface area contributed by atoms with Gasteiger partial charge in [-0.05, 0) is 32.8 Å². The maximum atomic E-state index is 9.26. The van der Waals surface area contributed by atoms with Gasteiger partial charge in [-0.15, -0.1) is 11.3 Å². The van der Waals surface area contributed by atoms with Crippen molar-refractivity contribution >= 4 is 16.3 Å². The fraction of sp³-hybridized carbons (Fsp3) is 0.333. The fourth-order valence-corrected chi connectivity index (χ4v) is 4.15. The van der Waals surface area contributed by atoms with Gasteiger partial charge in [0.15, 0.2) is 4.96 Å². The number of fused-ring (bicyclic) bond motifs is 1. The van der Waals surface area contributed by atoms with Crippen LogP contribution in [0.15, 0.2) is 18.2 Å². The van der Waals surface area contributed by atoms with Gasteiger partial charge in [-0.1, -0.05) is 30.7 Å². The second-order valence-electron chi connectivity index (χ2n) is 5.64. The Morgan fingerprint density at radius 2 is 2.00 bits per heavy atom. The molecule has 0 aliphatic carbocycles. The minimum Gasteiger partial charge on any atom is -0.290 e. The first-order valence-corrected chi connectivity index (χ1v) is 8.32. The standard InChI is InChI=1S/C18H19N3S/c1-5-15-13(4)22-18-20-17(16(8-9-19)21(15)18)14-7-6-11(2)10-12(14)3/h6-7,10H,5,8H2,1-4H3. The molecule has 1 aromatic carbocycles. The predicted octanol–water partition coefficient (Wildman–Crippen LogP) is 4.62. The minimum absolute atomic E-state index is 0.382. The average molecular weight is 309 g/mol. The molecule has 2 aromatic heterocycles. The zero-order chi connectivity index (χ0) is 15.9. The summed E-state index contributed by atoms with van der Waals surface area (Å²) in [6.07, 6.45) is 1.33. The van der Waals surface area contributed by atoms with Crippen LogP contribution in [0.5, 0.6) is 0 Å². The van der Waals surface area contributed by atoms with Crippen LogP contribution in [0.2, 0.25) is 0 Å². The van der Waals surface area contributed by atoms with Gasteiger partial charge in [0, 0.05) is 16.1 Å². The van der Waals surface area contributed by atoms with Crippen molar-refractivity contribution in [3.8, 4) is 17.3 Å². The van der Waals surface area contributed by atoms with Crippen molar-refractivity contribution in [1.29, 1.82) is 5.26 Å². The molecular weight excluding hydrogens is 290 g/mol. The predicted molar refractivity (Wildman–Crippen MR) is 91.4 cm³/mol. The molecule has 3 nitrogen and oxygen atoms in total. The summed E-state index contributed by atoms with van der Waals surface area (Å²) in [5.41, 5.74) is 6.83. The molecular formula is C18H19N3S. The highest BCUT2D eigenvalue weighted by Crippen LogP contribution is 2.33. The molecule has 0 bridgehead atoms. The molecule has 3 aromatic rings. The zero-order valence-electron chi connectivity index (χ0n) is 13.4. The minimum atomic E-state index is 0.382. The number of nitriles is 1. The van der Waals surface area contributed by atoms with E-state index in [0.717, 1.165) is 28.3 Å². The summed E-state index contributed by atoms with van der Waals surface area (Å²) in [5.74, 6) is 0. The van der Waals surface area contributed by atoms with E-state index in [1.54, 1.807) is 11.3 Å². The number of nitrogens with zero attached hydrogens (tertiary/aromatic N) is 3. The van der Waals surface area contributed by atoms with Crippen LogP contribution in [-0.2, 0) is 12.8 Å². The highest BCUT2D eigenvalue weighted by Gasteiger charge is 2.20. The van der Waals surface area contributed by atoms with Crippen molar-refractivity contribution in [2.75, 3.05) is 0 Å². The Kier molecular flexibility index (Phi) is 3.76. The molecule has 0 N–H and O–H groups in total. The van der Waals surface area contributed by atoms with Crippen LogP contribution >= 0.6 is 11.3 Å². The number of benzene rings is 1. The molecule has 0 aliphatic rings. The van der Waals surface area contributed by atoms with E-state index in [2.05, 4.69) is 56.4 Å². The number of aryl methyl sites for hydroxylation is 4. The van der Waals surface area contributed by atoms with E-state index in [-0.39, 0.29) is 0 Å². The molecule has 0 saturated carbocycles. The molecule has 0 radical (unpaired) electrons. The Morgan fingerprint density at radius 1 is 1.23 bits per heavy atom. The van der Waals surface area contributed by atoms with Gasteiger partial charge < -0.3 is 0 Å². The van der Waals surface area contributed by atoms with Crippen LogP contribution in [0.25, 0.3) is 16.2 Å². The first-order valence-electron chi connectivity index (χ1n) is 7.51. The number of imidazole rings is 1. The molecule has 0 saturated heterocycles. The number of hydrogen-bond acceptors (Lipinski definition) is 3. The third-order valence-electron chi connectivity index (χ3n) is 4.08. The Balaban J connectivity index is 2.32. The topological polar surface area (TPSA) is 41.1 Å². The van der Waals surface area contributed by atoms with Crippen LogP contribution in [0.4, 0.5) is 0 Å². The van der Waals surface area contributed by atoms with Crippen LogP contribution in [0, 0.1) is 32.1 Å². The lowest BCUT2D eigenvalue weighted by atomic mass is 10.0. The maximum Gasteiger partial charge on any atom is 0.194 e. The number of thiazole rings is 1. The van der Waals surface area contributed by atoms with Gasteiger partial charge in [-0.25, -0.2) is 4.98 Å². The summed E-state index contributed by atoms with van der Waals surface area (Å²) in [6, 6.07) is 8.71. The quantitative estimate of drug-likeness (QED) is 0.708. The van der Waals surface area contributed by atoms with E-state index in [1.165, 1.54) is 21.7 Å².